The summed E-state index contributed by atoms with van der Waals surface area (Å²) in [6.45, 7) is 7.11. The molecule has 0 bridgehead atoms. The predicted octanol–water partition coefficient (Wildman–Crippen LogP) is 1.02. The first-order chi connectivity index (χ1) is 8.25. The fourth-order valence-corrected chi connectivity index (χ4v) is 1.14. The maximum Gasteiger partial charge on any atom is 0.313 e. The van der Waals surface area contributed by atoms with E-state index in [2.05, 4.69) is 10.5 Å². The molecule has 0 saturated heterocycles. The lowest BCUT2D eigenvalue weighted by atomic mass is 9.95. The Morgan fingerprint density at radius 2 is 2.06 bits per heavy atom. The maximum atomic E-state index is 11.8. The van der Waals surface area contributed by atoms with Gasteiger partial charge in [0.1, 0.15) is 5.69 Å². The molecule has 3 N–H and O–H groups in total. The van der Waals surface area contributed by atoms with Crippen LogP contribution in [0.3, 0.4) is 0 Å². The van der Waals surface area contributed by atoms with Crippen LogP contribution in [0, 0.1) is 5.41 Å². The minimum Gasteiger partial charge on any atom is -0.351 e. The van der Waals surface area contributed by atoms with Crippen molar-refractivity contribution in [3.63, 3.8) is 0 Å². The van der Waals surface area contributed by atoms with Crippen LogP contribution >= 0.6 is 0 Å². The standard InChI is InChI=1S/C11H17N3O4/c1-6(12-10(16)11(2,3)4)7-5-8(18-14-7)9(15)13-17/h5-6,17H,1-4H3,(H,12,16)(H,13,15)/t6-/m1/s1. The van der Waals surface area contributed by atoms with Crippen molar-refractivity contribution in [2.75, 3.05) is 0 Å². The summed E-state index contributed by atoms with van der Waals surface area (Å²) in [4.78, 5) is 22.8. The number of nitrogens with zero attached hydrogens (tertiary/aromatic N) is 1. The summed E-state index contributed by atoms with van der Waals surface area (Å²) in [6.07, 6.45) is 0. The van der Waals surface area contributed by atoms with E-state index in [-0.39, 0.29) is 17.7 Å². The van der Waals surface area contributed by atoms with E-state index < -0.39 is 11.3 Å². The highest BCUT2D eigenvalue weighted by Gasteiger charge is 2.24. The number of nitrogens with one attached hydrogen (secondary N) is 2. The van der Waals surface area contributed by atoms with Gasteiger partial charge in [-0.15, -0.1) is 0 Å². The van der Waals surface area contributed by atoms with E-state index in [1.807, 2.05) is 0 Å². The third-order valence-electron chi connectivity index (χ3n) is 2.33. The van der Waals surface area contributed by atoms with Gasteiger partial charge < -0.3 is 9.84 Å². The Kier molecular flexibility index (Phi) is 4.07. The molecule has 0 aliphatic heterocycles. The first-order valence-corrected chi connectivity index (χ1v) is 5.47. The Labute approximate surface area is 104 Å². The molecule has 1 aromatic heterocycles. The number of carbonyl (C=O) groups excluding carboxylic acids is 2. The van der Waals surface area contributed by atoms with E-state index in [0.717, 1.165) is 0 Å². The van der Waals surface area contributed by atoms with E-state index in [0.29, 0.717) is 5.69 Å². The molecule has 0 aliphatic rings. The van der Waals surface area contributed by atoms with E-state index in [4.69, 9.17) is 9.73 Å². The monoisotopic (exact) mass is 255 g/mol. The fourth-order valence-electron chi connectivity index (χ4n) is 1.14. The van der Waals surface area contributed by atoms with E-state index in [1.54, 1.807) is 27.7 Å². The summed E-state index contributed by atoms with van der Waals surface area (Å²) in [5, 5.41) is 14.8. The topological polar surface area (TPSA) is 104 Å². The summed E-state index contributed by atoms with van der Waals surface area (Å²) in [6, 6.07) is 0.972. The number of carbonyl (C=O) groups is 2. The van der Waals surface area contributed by atoms with Crippen molar-refractivity contribution in [1.29, 1.82) is 0 Å². The number of rotatable bonds is 3. The van der Waals surface area contributed by atoms with Crippen molar-refractivity contribution >= 4 is 11.8 Å². The molecule has 0 fully saturated rings. The summed E-state index contributed by atoms with van der Waals surface area (Å²) in [5.41, 5.74) is 1.34. The highest BCUT2D eigenvalue weighted by atomic mass is 16.5. The molecule has 0 unspecified atom stereocenters. The zero-order chi connectivity index (χ0) is 13.9. The van der Waals surface area contributed by atoms with Gasteiger partial charge in [0.15, 0.2) is 0 Å². The quantitative estimate of drug-likeness (QED) is 0.552. The Hall–Kier alpha value is -1.89. The Balaban J connectivity index is 2.73. The van der Waals surface area contributed by atoms with Crippen LogP contribution in [0.4, 0.5) is 0 Å². The number of hydrogen-bond acceptors (Lipinski definition) is 5. The molecule has 2 amide bonds. The van der Waals surface area contributed by atoms with Gasteiger partial charge in [-0.25, -0.2) is 5.48 Å². The third kappa shape index (κ3) is 3.30. The number of hydroxylamine groups is 1. The second-order valence-corrected chi connectivity index (χ2v) is 5.00. The summed E-state index contributed by atoms with van der Waals surface area (Å²) < 4.78 is 4.73. The van der Waals surface area contributed by atoms with Crippen molar-refractivity contribution < 1.29 is 19.3 Å². The first-order valence-electron chi connectivity index (χ1n) is 5.47. The fraction of sp³-hybridized carbons (Fsp3) is 0.545. The van der Waals surface area contributed by atoms with E-state index in [9.17, 15) is 9.59 Å². The van der Waals surface area contributed by atoms with Crippen LogP contribution in [-0.4, -0.2) is 22.2 Å². The minimum atomic E-state index is -0.789. The highest BCUT2D eigenvalue weighted by Crippen LogP contribution is 2.17. The van der Waals surface area contributed by atoms with Crippen LogP contribution in [0.5, 0.6) is 0 Å². The summed E-state index contributed by atoms with van der Waals surface area (Å²) in [5.74, 6) is -1.04. The molecule has 7 heteroatoms. The van der Waals surface area contributed by atoms with Gasteiger partial charge in [-0.05, 0) is 6.92 Å². The average Bonchev–Trinajstić information content (AvgIpc) is 2.75. The van der Waals surface area contributed by atoms with Crippen LogP contribution in [0.25, 0.3) is 0 Å². The highest BCUT2D eigenvalue weighted by molar-refractivity contribution is 5.90. The molecule has 7 nitrogen and oxygen atoms in total. The SMILES string of the molecule is C[C@@H](NC(=O)C(C)(C)C)c1cc(C(=O)NO)on1. The van der Waals surface area contributed by atoms with Crippen LogP contribution in [0.2, 0.25) is 0 Å². The molecule has 0 aliphatic carbocycles. The number of aromatic nitrogens is 1. The average molecular weight is 255 g/mol. The largest absolute Gasteiger partial charge is 0.351 e. The van der Waals surface area contributed by atoms with Crippen LogP contribution < -0.4 is 10.8 Å². The zero-order valence-electron chi connectivity index (χ0n) is 10.8. The molecular weight excluding hydrogens is 238 g/mol. The summed E-state index contributed by atoms with van der Waals surface area (Å²) in [7, 11) is 0. The van der Waals surface area contributed by atoms with Gasteiger partial charge in [0.25, 0.3) is 0 Å². The first kappa shape index (κ1) is 14.2. The second-order valence-electron chi connectivity index (χ2n) is 5.00. The Morgan fingerprint density at radius 1 is 1.44 bits per heavy atom. The molecule has 1 rings (SSSR count). The lowest BCUT2D eigenvalue weighted by molar-refractivity contribution is -0.129. The molecule has 18 heavy (non-hydrogen) atoms. The molecule has 0 saturated carbocycles. The van der Waals surface area contributed by atoms with Crippen LogP contribution in [-0.2, 0) is 4.79 Å². The lowest BCUT2D eigenvalue weighted by Gasteiger charge is -2.20. The molecule has 1 heterocycles. The summed E-state index contributed by atoms with van der Waals surface area (Å²) >= 11 is 0. The van der Waals surface area contributed by atoms with E-state index in [1.165, 1.54) is 11.5 Å². The Bertz CT molecular complexity index is 447. The van der Waals surface area contributed by atoms with Gasteiger partial charge in [-0.2, -0.15) is 0 Å². The number of amides is 2. The van der Waals surface area contributed by atoms with Gasteiger partial charge in [0, 0.05) is 11.5 Å². The minimum absolute atomic E-state index is 0.121. The third-order valence-corrected chi connectivity index (χ3v) is 2.33. The molecule has 1 aromatic rings. The maximum absolute atomic E-state index is 11.8. The predicted molar refractivity (Wildman–Crippen MR) is 61.8 cm³/mol. The van der Waals surface area contributed by atoms with Crippen molar-refractivity contribution in [3.8, 4) is 0 Å². The second kappa shape index (κ2) is 5.18. The molecule has 100 valence electrons. The smallest absolute Gasteiger partial charge is 0.313 e. The van der Waals surface area contributed by atoms with Crippen molar-refractivity contribution in [1.82, 2.24) is 16.0 Å². The van der Waals surface area contributed by atoms with Gasteiger partial charge in [0.2, 0.25) is 11.7 Å². The van der Waals surface area contributed by atoms with Crippen molar-refractivity contribution in [2.45, 2.75) is 33.7 Å². The zero-order valence-corrected chi connectivity index (χ0v) is 10.8. The lowest BCUT2D eigenvalue weighted by Crippen LogP contribution is -2.36. The molecular formula is C11H17N3O4. The number of hydrogen-bond donors (Lipinski definition) is 3. The van der Waals surface area contributed by atoms with Crippen LogP contribution in [0.1, 0.15) is 50.0 Å². The molecule has 0 radical (unpaired) electrons. The van der Waals surface area contributed by atoms with Crippen LogP contribution in [0.15, 0.2) is 10.6 Å². The molecule has 0 spiro atoms. The van der Waals surface area contributed by atoms with Crippen molar-refractivity contribution in [3.05, 3.63) is 17.5 Å². The normalized spacial score (nSPS) is 12.9. The van der Waals surface area contributed by atoms with Gasteiger partial charge in [-0.1, -0.05) is 25.9 Å². The van der Waals surface area contributed by atoms with Gasteiger partial charge in [0.05, 0.1) is 6.04 Å². The Morgan fingerprint density at radius 3 is 2.56 bits per heavy atom. The van der Waals surface area contributed by atoms with Gasteiger partial charge in [-0.3, -0.25) is 14.8 Å². The van der Waals surface area contributed by atoms with E-state index >= 15 is 0 Å². The van der Waals surface area contributed by atoms with Crippen molar-refractivity contribution in [2.24, 2.45) is 5.41 Å². The molecule has 1 atom stereocenters. The van der Waals surface area contributed by atoms with Gasteiger partial charge >= 0.3 is 5.91 Å². The molecule has 0 aromatic carbocycles.